The summed E-state index contributed by atoms with van der Waals surface area (Å²) in [4.78, 5) is 15.7. The summed E-state index contributed by atoms with van der Waals surface area (Å²) in [6, 6.07) is 22.6. The number of rotatable bonds is 5. The fraction of sp³-hybridized carbons (Fsp3) is 0.233. The second kappa shape index (κ2) is 15.1. The van der Waals surface area contributed by atoms with Gasteiger partial charge in [-0.25, -0.2) is 0 Å². The van der Waals surface area contributed by atoms with Crippen LogP contribution in [0.3, 0.4) is 0 Å². The van der Waals surface area contributed by atoms with Gasteiger partial charge >= 0.3 is 0 Å². The Hall–Kier alpha value is -3.83. The van der Waals surface area contributed by atoms with Crippen molar-refractivity contribution in [2.24, 2.45) is 5.92 Å². The highest BCUT2D eigenvalue weighted by atomic mass is 16.1. The number of pyridine rings is 1. The first-order valence-corrected chi connectivity index (χ1v) is 11.7. The zero-order chi connectivity index (χ0) is 25.5. The van der Waals surface area contributed by atoms with Crippen molar-refractivity contribution in [3.8, 4) is 0 Å². The van der Waals surface area contributed by atoms with Gasteiger partial charge in [-0.1, -0.05) is 54.6 Å². The van der Waals surface area contributed by atoms with E-state index < -0.39 is 0 Å². The van der Waals surface area contributed by atoms with Crippen LogP contribution < -0.4 is 0 Å². The maximum Gasteiger partial charge on any atom is 0.123 e. The van der Waals surface area contributed by atoms with Crippen LogP contribution in [0.4, 0.5) is 0 Å². The molecule has 0 aliphatic heterocycles. The summed E-state index contributed by atoms with van der Waals surface area (Å²) in [6.45, 7) is 8.94. The number of aromatic nitrogens is 3. The van der Waals surface area contributed by atoms with Crippen LogP contribution in [0.5, 0.6) is 0 Å². The number of aryl methyl sites for hydroxylation is 1. The minimum Gasteiger partial charge on any atom is -0.305 e. The van der Waals surface area contributed by atoms with E-state index in [4.69, 9.17) is 0 Å². The molecule has 1 fully saturated rings. The molecule has 0 bridgehead atoms. The van der Waals surface area contributed by atoms with Crippen molar-refractivity contribution in [2.75, 3.05) is 14.1 Å². The van der Waals surface area contributed by atoms with Gasteiger partial charge < -0.3 is 9.69 Å². The Balaban J connectivity index is 0.000000251. The number of hydrogen-bond acceptors (Lipinski definition) is 4. The lowest BCUT2D eigenvalue weighted by Gasteiger charge is -2.09. The summed E-state index contributed by atoms with van der Waals surface area (Å²) < 4.78 is 0. The summed E-state index contributed by atoms with van der Waals surface area (Å²) in [5.41, 5.74) is 5.62. The van der Waals surface area contributed by atoms with Gasteiger partial charge in [0, 0.05) is 29.7 Å². The SMILES string of the molecule is C=C.CN(C)Cc1ccc(/C=C/c2n[nH]c3ccccc23)cc1.Cc1ccccn1.O=CC1CC1. The molecular weight excluding hydrogens is 432 g/mol. The van der Waals surface area contributed by atoms with Gasteiger partial charge in [-0.3, -0.25) is 10.1 Å². The highest BCUT2D eigenvalue weighted by molar-refractivity contribution is 5.89. The van der Waals surface area contributed by atoms with E-state index in [2.05, 4.69) is 89.8 Å². The molecule has 35 heavy (non-hydrogen) atoms. The molecule has 1 saturated carbocycles. The molecule has 0 spiro atoms. The van der Waals surface area contributed by atoms with E-state index in [0.29, 0.717) is 5.92 Å². The lowest BCUT2D eigenvalue weighted by Crippen LogP contribution is -2.10. The van der Waals surface area contributed by atoms with Crippen LogP contribution in [0.25, 0.3) is 23.1 Å². The second-order valence-electron chi connectivity index (χ2n) is 8.41. The van der Waals surface area contributed by atoms with Crippen molar-refractivity contribution < 1.29 is 4.79 Å². The van der Waals surface area contributed by atoms with E-state index in [-0.39, 0.29) is 0 Å². The van der Waals surface area contributed by atoms with Gasteiger partial charge in [-0.2, -0.15) is 5.10 Å². The van der Waals surface area contributed by atoms with E-state index >= 15 is 0 Å². The number of H-pyrrole nitrogens is 1. The Morgan fingerprint density at radius 1 is 0.971 bits per heavy atom. The van der Waals surface area contributed by atoms with Gasteiger partial charge in [0.05, 0.1) is 11.2 Å². The zero-order valence-electron chi connectivity index (χ0n) is 21.0. The molecule has 4 aromatic rings. The number of nitrogens with zero attached hydrogens (tertiary/aromatic N) is 3. The molecule has 0 unspecified atom stereocenters. The molecule has 2 heterocycles. The molecule has 0 radical (unpaired) electrons. The molecule has 0 atom stereocenters. The van der Waals surface area contributed by atoms with Crippen molar-refractivity contribution in [3.05, 3.63) is 109 Å². The Morgan fingerprint density at radius 3 is 2.17 bits per heavy atom. The Labute approximate surface area is 209 Å². The van der Waals surface area contributed by atoms with Gasteiger partial charge in [-0.05, 0) is 69.3 Å². The molecule has 5 heteroatoms. The first-order chi connectivity index (χ1) is 17.0. The average Bonchev–Trinajstić information content (AvgIpc) is 3.65. The largest absolute Gasteiger partial charge is 0.305 e. The molecule has 0 amide bonds. The topological polar surface area (TPSA) is 61.9 Å². The van der Waals surface area contributed by atoms with E-state index in [9.17, 15) is 4.79 Å². The number of carbonyl (C=O) groups excluding carboxylic acids is 1. The summed E-state index contributed by atoms with van der Waals surface area (Å²) in [7, 11) is 4.16. The number of nitrogens with one attached hydrogen (secondary N) is 1. The van der Waals surface area contributed by atoms with Gasteiger partial charge in [0.15, 0.2) is 0 Å². The summed E-state index contributed by atoms with van der Waals surface area (Å²) in [5.74, 6) is 0.454. The van der Waals surface area contributed by atoms with Crippen molar-refractivity contribution in [1.82, 2.24) is 20.1 Å². The molecule has 182 valence electrons. The van der Waals surface area contributed by atoms with Crippen LogP contribution in [0, 0.1) is 12.8 Å². The van der Waals surface area contributed by atoms with Crippen LogP contribution in [-0.2, 0) is 11.3 Å². The maximum absolute atomic E-state index is 9.57. The van der Waals surface area contributed by atoms with Gasteiger partial charge in [-0.15, -0.1) is 13.2 Å². The molecule has 2 aromatic heterocycles. The normalized spacial score (nSPS) is 12.1. The van der Waals surface area contributed by atoms with Gasteiger partial charge in [0.2, 0.25) is 0 Å². The third kappa shape index (κ3) is 10.3. The third-order valence-electron chi connectivity index (χ3n) is 5.04. The maximum atomic E-state index is 9.57. The standard InChI is InChI=1S/C18H19N3.C6H7N.C4H6O.C2H4/c1-21(2)13-15-9-7-14(8-10-15)11-12-18-16-5-3-4-6-17(16)19-20-18;1-6-4-2-3-5-7-6;5-3-4-1-2-4;1-2/h3-12H,13H2,1-2H3,(H,19,20);2-5H,1H3;3-4H,1-2H2;1-2H2/b12-11+;;;. The molecule has 5 rings (SSSR count). The predicted octanol–water partition coefficient (Wildman–Crippen LogP) is 6.58. The molecule has 0 saturated heterocycles. The monoisotopic (exact) mass is 468 g/mol. The predicted molar refractivity (Wildman–Crippen MR) is 148 cm³/mol. The number of benzene rings is 2. The number of aldehydes is 1. The molecule has 1 N–H and O–H groups in total. The molecule has 1 aliphatic carbocycles. The summed E-state index contributed by atoms with van der Waals surface area (Å²) in [5, 5.41) is 8.55. The van der Waals surface area contributed by atoms with Crippen molar-refractivity contribution >= 4 is 29.3 Å². The smallest absolute Gasteiger partial charge is 0.123 e. The molecular formula is C30H36N4O. The number of carbonyl (C=O) groups is 1. The van der Waals surface area contributed by atoms with Crippen LogP contribution in [0.15, 0.2) is 86.1 Å². The fourth-order valence-electron chi connectivity index (χ4n) is 3.07. The molecule has 1 aliphatic rings. The van der Waals surface area contributed by atoms with Crippen LogP contribution in [0.1, 0.15) is 35.4 Å². The van der Waals surface area contributed by atoms with Gasteiger partial charge in [0.25, 0.3) is 0 Å². The third-order valence-corrected chi connectivity index (χ3v) is 5.04. The van der Waals surface area contributed by atoms with Gasteiger partial charge in [0.1, 0.15) is 6.29 Å². The number of para-hydroxylation sites is 1. The first kappa shape index (κ1) is 27.4. The average molecular weight is 469 g/mol. The summed E-state index contributed by atoms with van der Waals surface area (Å²) >= 11 is 0. The van der Waals surface area contributed by atoms with E-state index in [1.54, 1.807) is 6.20 Å². The molecule has 5 nitrogen and oxygen atoms in total. The second-order valence-corrected chi connectivity index (χ2v) is 8.41. The Bertz CT molecular complexity index is 1160. The highest BCUT2D eigenvalue weighted by Gasteiger charge is 2.18. The Kier molecular flexibility index (Phi) is 11.9. The Morgan fingerprint density at radius 2 is 1.66 bits per heavy atom. The van der Waals surface area contributed by atoms with Crippen LogP contribution >= 0.6 is 0 Å². The van der Waals surface area contributed by atoms with Crippen molar-refractivity contribution in [3.63, 3.8) is 0 Å². The van der Waals surface area contributed by atoms with E-state index in [0.717, 1.165) is 48.0 Å². The summed E-state index contributed by atoms with van der Waals surface area (Å²) in [6.07, 6.45) is 9.25. The van der Waals surface area contributed by atoms with E-state index in [1.165, 1.54) is 11.1 Å². The lowest BCUT2D eigenvalue weighted by molar-refractivity contribution is -0.108. The first-order valence-electron chi connectivity index (χ1n) is 11.7. The number of fused-ring (bicyclic) bond motifs is 1. The molecule has 2 aromatic carbocycles. The van der Waals surface area contributed by atoms with E-state index in [1.807, 2.05) is 43.3 Å². The van der Waals surface area contributed by atoms with Crippen LogP contribution in [-0.4, -0.2) is 40.5 Å². The highest BCUT2D eigenvalue weighted by Crippen LogP contribution is 2.25. The zero-order valence-corrected chi connectivity index (χ0v) is 21.0. The lowest BCUT2D eigenvalue weighted by atomic mass is 10.1. The van der Waals surface area contributed by atoms with Crippen LogP contribution in [0.2, 0.25) is 0 Å². The fourth-order valence-corrected chi connectivity index (χ4v) is 3.07. The minimum absolute atomic E-state index is 0.454. The van der Waals surface area contributed by atoms with Crippen molar-refractivity contribution in [1.29, 1.82) is 0 Å². The number of aromatic amines is 1. The van der Waals surface area contributed by atoms with Crippen molar-refractivity contribution in [2.45, 2.75) is 26.3 Å². The number of hydrogen-bond donors (Lipinski definition) is 1. The quantitative estimate of drug-likeness (QED) is 0.265. The minimum atomic E-state index is 0.454.